The molecule has 18 heavy (non-hydrogen) atoms. The Morgan fingerprint density at radius 2 is 2.22 bits per heavy atom. The van der Waals surface area contributed by atoms with E-state index in [0.29, 0.717) is 13.1 Å². The van der Waals surface area contributed by atoms with Crippen molar-refractivity contribution in [3.63, 3.8) is 0 Å². The van der Waals surface area contributed by atoms with Crippen molar-refractivity contribution in [1.82, 2.24) is 19.9 Å². The number of aromatic nitrogens is 3. The van der Waals surface area contributed by atoms with Crippen molar-refractivity contribution >= 4 is 5.91 Å². The number of nitrogens with zero attached hydrogens (tertiary/aromatic N) is 3. The van der Waals surface area contributed by atoms with E-state index in [1.807, 2.05) is 0 Å². The van der Waals surface area contributed by atoms with E-state index in [-0.39, 0.29) is 17.2 Å². The molecule has 2 rings (SSSR count). The lowest BCUT2D eigenvalue weighted by Crippen LogP contribution is -2.30. The first-order valence-electron chi connectivity index (χ1n) is 5.47. The lowest BCUT2D eigenvalue weighted by molar-refractivity contribution is 0.0947. The van der Waals surface area contributed by atoms with Gasteiger partial charge in [-0.2, -0.15) is 0 Å². The summed E-state index contributed by atoms with van der Waals surface area (Å²) in [5, 5.41) is 2.67. The van der Waals surface area contributed by atoms with E-state index in [4.69, 9.17) is 0 Å². The first kappa shape index (κ1) is 12.0. The zero-order valence-corrected chi connectivity index (χ0v) is 9.61. The van der Waals surface area contributed by atoms with Crippen LogP contribution in [-0.2, 0) is 6.54 Å². The van der Waals surface area contributed by atoms with Crippen molar-refractivity contribution in [1.29, 1.82) is 0 Å². The Balaban J connectivity index is 1.88. The Morgan fingerprint density at radius 1 is 1.33 bits per heavy atom. The molecule has 6 heteroatoms. The molecule has 0 saturated heterocycles. The van der Waals surface area contributed by atoms with Gasteiger partial charge >= 0.3 is 0 Å². The number of hydrogen-bond donors (Lipinski definition) is 1. The summed E-state index contributed by atoms with van der Waals surface area (Å²) in [6.07, 6.45) is 6.03. The molecule has 1 amide bonds. The van der Waals surface area contributed by atoms with Crippen molar-refractivity contribution < 1.29 is 4.79 Å². The predicted molar refractivity (Wildman–Crippen MR) is 65.1 cm³/mol. The zero-order valence-electron chi connectivity index (χ0n) is 9.61. The van der Waals surface area contributed by atoms with Gasteiger partial charge in [0.2, 0.25) is 0 Å². The number of hydrogen-bond acceptors (Lipinski definition) is 4. The summed E-state index contributed by atoms with van der Waals surface area (Å²) in [4.78, 5) is 30.7. The molecule has 0 aromatic carbocycles. The van der Waals surface area contributed by atoms with Crippen molar-refractivity contribution in [2.75, 3.05) is 6.54 Å². The lowest BCUT2D eigenvalue weighted by Gasteiger charge is -2.06. The van der Waals surface area contributed by atoms with Gasteiger partial charge in [0.1, 0.15) is 5.69 Å². The summed E-state index contributed by atoms with van der Waals surface area (Å²) >= 11 is 0. The number of carbonyl (C=O) groups is 1. The molecule has 2 aromatic heterocycles. The first-order chi connectivity index (χ1) is 8.77. The van der Waals surface area contributed by atoms with Crippen LogP contribution in [0.4, 0.5) is 0 Å². The molecule has 0 spiro atoms. The van der Waals surface area contributed by atoms with Crippen LogP contribution in [0.15, 0.2) is 47.8 Å². The van der Waals surface area contributed by atoms with Gasteiger partial charge < -0.3 is 9.88 Å². The lowest BCUT2D eigenvalue weighted by atomic mass is 10.4. The third-order valence-corrected chi connectivity index (χ3v) is 2.33. The van der Waals surface area contributed by atoms with E-state index in [9.17, 15) is 9.59 Å². The first-order valence-corrected chi connectivity index (χ1v) is 5.47. The van der Waals surface area contributed by atoms with Gasteiger partial charge in [-0.15, -0.1) is 0 Å². The molecular formula is C12H12N4O2. The van der Waals surface area contributed by atoms with E-state index in [1.54, 1.807) is 18.3 Å². The van der Waals surface area contributed by atoms with Crippen LogP contribution < -0.4 is 10.9 Å². The van der Waals surface area contributed by atoms with Gasteiger partial charge in [-0.25, -0.2) is 4.98 Å². The number of carbonyl (C=O) groups excluding carboxylic acids is 1. The van der Waals surface area contributed by atoms with Gasteiger partial charge in [-0.1, -0.05) is 6.07 Å². The van der Waals surface area contributed by atoms with Gasteiger partial charge in [-0.3, -0.25) is 14.6 Å². The topological polar surface area (TPSA) is 76.9 Å². The maximum absolute atomic E-state index is 11.6. The van der Waals surface area contributed by atoms with E-state index >= 15 is 0 Å². The Kier molecular flexibility index (Phi) is 3.80. The highest BCUT2D eigenvalue weighted by Gasteiger charge is 2.05. The van der Waals surface area contributed by atoms with Crippen LogP contribution in [-0.4, -0.2) is 27.0 Å². The molecule has 0 aliphatic heterocycles. The zero-order chi connectivity index (χ0) is 12.8. The molecule has 0 unspecified atom stereocenters. The van der Waals surface area contributed by atoms with Crippen molar-refractivity contribution in [3.05, 3.63) is 59.0 Å². The molecule has 2 aromatic rings. The number of pyridine rings is 1. The fraction of sp³-hybridized carbons (Fsp3) is 0.167. The Bertz CT molecular complexity index is 580. The van der Waals surface area contributed by atoms with Crippen LogP contribution in [0.25, 0.3) is 0 Å². The minimum Gasteiger partial charge on any atom is -0.349 e. The smallest absolute Gasteiger partial charge is 0.271 e. The third-order valence-electron chi connectivity index (χ3n) is 2.33. The van der Waals surface area contributed by atoms with Gasteiger partial charge in [0.15, 0.2) is 0 Å². The molecule has 0 bridgehead atoms. The van der Waals surface area contributed by atoms with E-state index in [2.05, 4.69) is 15.3 Å². The van der Waals surface area contributed by atoms with Crippen molar-refractivity contribution in [3.8, 4) is 0 Å². The quantitative estimate of drug-likeness (QED) is 0.825. The summed E-state index contributed by atoms with van der Waals surface area (Å²) in [6.45, 7) is 0.783. The van der Waals surface area contributed by atoms with Crippen LogP contribution in [0, 0.1) is 0 Å². The Morgan fingerprint density at radius 3 is 2.94 bits per heavy atom. The van der Waals surface area contributed by atoms with Crippen molar-refractivity contribution in [2.45, 2.75) is 6.54 Å². The number of nitrogens with one attached hydrogen (secondary N) is 1. The van der Waals surface area contributed by atoms with Gasteiger partial charge in [0, 0.05) is 37.7 Å². The van der Waals surface area contributed by atoms with Crippen LogP contribution in [0.3, 0.4) is 0 Å². The minimum atomic E-state index is -0.299. The minimum absolute atomic E-state index is 0.0914. The molecule has 2 heterocycles. The van der Waals surface area contributed by atoms with E-state index < -0.39 is 0 Å². The number of rotatable bonds is 4. The highest BCUT2D eigenvalue weighted by Crippen LogP contribution is 1.89. The predicted octanol–water partition coefficient (Wildman–Crippen LogP) is 0.0683. The average Bonchev–Trinajstić information content (AvgIpc) is 2.42. The van der Waals surface area contributed by atoms with E-state index in [0.717, 1.165) is 0 Å². The summed E-state index contributed by atoms with van der Waals surface area (Å²) < 4.78 is 1.52. The second-order valence-corrected chi connectivity index (χ2v) is 3.58. The third kappa shape index (κ3) is 3.00. The highest BCUT2D eigenvalue weighted by molar-refractivity contribution is 5.91. The summed E-state index contributed by atoms with van der Waals surface area (Å²) in [5.74, 6) is -0.299. The van der Waals surface area contributed by atoms with E-state index in [1.165, 1.54) is 29.2 Å². The molecule has 6 nitrogen and oxygen atoms in total. The van der Waals surface area contributed by atoms with Crippen LogP contribution >= 0.6 is 0 Å². The monoisotopic (exact) mass is 244 g/mol. The average molecular weight is 244 g/mol. The van der Waals surface area contributed by atoms with Gasteiger partial charge in [0.05, 0.1) is 6.20 Å². The molecule has 0 atom stereocenters. The molecular weight excluding hydrogens is 232 g/mol. The fourth-order valence-corrected chi connectivity index (χ4v) is 1.44. The SMILES string of the molecule is O=C(NCCn1ccccc1=O)c1cnccn1. The summed E-state index contributed by atoms with van der Waals surface area (Å²) in [6, 6.07) is 4.92. The van der Waals surface area contributed by atoms with Crippen molar-refractivity contribution in [2.24, 2.45) is 0 Å². The fourth-order valence-electron chi connectivity index (χ4n) is 1.44. The molecule has 0 aliphatic rings. The Hall–Kier alpha value is -2.50. The maximum atomic E-state index is 11.6. The molecule has 1 N–H and O–H groups in total. The van der Waals surface area contributed by atoms with Crippen LogP contribution in [0.2, 0.25) is 0 Å². The Labute approximate surface area is 103 Å². The molecule has 0 saturated carbocycles. The normalized spacial score (nSPS) is 10.0. The second-order valence-electron chi connectivity index (χ2n) is 3.58. The molecule has 92 valence electrons. The second kappa shape index (κ2) is 5.72. The van der Waals surface area contributed by atoms with Crippen LogP contribution in [0.1, 0.15) is 10.5 Å². The summed E-state index contributed by atoms with van der Waals surface area (Å²) in [7, 11) is 0. The molecule has 0 radical (unpaired) electrons. The van der Waals surface area contributed by atoms with Crippen LogP contribution in [0.5, 0.6) is 0 Å². The highest BCUT2D eigenvalue weighted by atomic mass is 16.2. The number of amides is 1. The standard InChI is InChI=1S/C12H12N4O2/c17-11-3-1-2-7-16(11)8-6-15-12(18)10-9-13-4-5-14-10/h1-5,7,9H,6,8H2,(H,15,18). The summed E-state index contributed by atoms with van der Waals surface area (Å²) in [5.41, 5.74) is 0.171. The van der Waals surface area contributed by atoms with Gasteiger partial charge in [-0.05, 0) is 6.07 Å². The van der Waals surface area contributed by atoms with Gasteiger partial charge in [0.25, 0.3) is 11.5 Å². The maximum Gasteiger partial charge on any atom is 0.271 e. The largest absolute Gasteiger partial charge is 0.349 e. The molecule has 0 fully saturated rings. The molecule has 0 aliphatic carbocycles.